The molecule has 0 aliphatic carbocycles. The van der Waals surface area contributed by atoms with Crippen molar-refractivity contribution in [2.24, 2.45) is 5.10 Å². The number of fused-ring (bicyclic) bond motifs is 1. The summed E-state index contributed by atoms with van der Waals surface area (Å²) >= 11 is 7.35. The number of ether oxygens (including phenoxy) is 1. The minimum atomic E-state index is -0.454. The number of para-hydroxylation sites is 1. The molecule has 4 aromatic rings. The minimum absolute atomic E-state index is 0.368. The van der Waals surface area contributed by atoms with Crippen LogP contribution in [-0.4, -0.2) is 18.3 Å². The van der Waals surface area contributed by atoms with Gasteiger partial charge in [0.15, 0.2) is 0 Å². The number of aromatic nitrogens is 1. The highest BCUT2D eigenvalue weighted by Crippen LogP contribution is 2.26. The largest absolute Gasteiger partial charge is 0.496 e. The number of hydrogen-bond donors (Lipinski definition) is 1. The van der Waals surface area contributed by atoms with Crippen LogP contribution in [0.2, 0.25) is 5.02 Å². The van der Waals surface area contributed by atoms with E-state index in [0.29, 0.717) is 27.0 Å². The summed E-state index contributed by atoms with van der Waals surface area (Å²) in [6.45, 7) is 0. The third-order valence-corrected chi connectivity index (χ3v) is 4.96. The molecule has 0 unspecified atom stereocenters. The number of methoxy groups -OCH3 is 1. The molecule has 0 fully saturated rings. The van der Waals surface area contributed by atoms with Gasteiger partial charge >= 0.3 is 5.63 Å². The zero-order chi connectivity index (χ0) is 19.5. The molecule has 0 radical (unpaired) electrons. The van der Waals surface area contributed by atoms with E-state index in [1.165, 1.54) is 11.3 Å². The molecule has 0 amide bonds. The van der Waals surface area contributed by atoms with Gasteiger partial charge in [0.2, 0.25) is 5.13 Å². The van der Waals surface area contributed by atoms with E-state index < -0.39 is 5.63 Å². The topological polar surface area (TPSA) is 76.7 Å². The normalized spacial score (nSPS) is 11.2. The number of anilines is 1. The molecule has 2 aromatic carbocycles. The highest BCUT2D eigenvalue weighted by Gasteiger charge is 2.12. The van der Waals surface area contributed by atoms with Gasteiger partial charge in [-0.1, -0.05) is 23.7 Å². The maximum Gasteiger partial charge on any atom is 0.345 e. The van der Waals surface area contributed by atoms with E-state index in [9.17, 15) is 4.79 Å². The number of halogens is 1. The van der Waals surface area contributed by atoms with E-state index in [-0.39, 0.29) is 0 Å². The molecule has 8 heteroatoms. The summed E-state index contributed by atoms with van der Waals surface area (Å²) < 4.78 is 10.6. The molecule has 140 valence electrons. The van der Waals surface area contributed by atoms with Gasteiger partial charge in [0.1, 0.15) is 11.3 Å². The molecule has 0 atom stereocenters. The van der Waals surface area contributed by atoms with Crippen LogP contribution in [0.4, 0.5) is 5.13 Å². The lowest BCUT2D eigenvalue weighted by atomic mass is 10.1. The Morgan fingerprint density at radius 3 is 2.96 bits per heavy atom. The Morgan fingerprint density at radius 1 is 1.25 bits per heavy atom. The summed E-state index contributed by atoms with van der Waals surface area (Å²) in [4.78, 5) is 16.7. The van der Waals surface area contributed by atoms with Crippen LogP contribution in [0.25, 0.3) is 22.2 Å². The van der Waals surface area contributed by atoms with Gasteiger partial charge in [0.25, 0.3) is 0 Å². The van der Waals surface area contributed by atoms with Crippen molar-refractivity contribution in [3.05, 3.63) is 74.9 Å². The number of nitrogens with zero attached hydrogens (tertiary/aromatic N) is 2. The summed E-state index contributed by atoms with van der Waals surface area (Å²) in [5.74, 6) is 0.723. The lowest BCUT2D eigenvalue weighted by Crippen LogP contribution is -2.03. The fraction of sp³-hybridized carbons (Fsp3) is 0.0500. The van der Waals surface area contributed by atoms with Crippen molar-refractivity contribution >= 4 is 45.3 Å². The van der Waals surface area contributed by atoms with Gasteiger partial charge in [-0.2, -0.15) is 5.10 Å². The van der Waals surface area contributed by atoms with Crippen LogP contribution in [0.5, 0.6) is 5.75 Å². The standard InChI is InChI=1S/C20H14ClN3O3S/c1-26-17-5-3-2-4-12(17)10-22-24-20-23-16(11-28-20)15-9-13-8-14(21)6-7-18(13)27-19(15)25/h2-11H,1H3,(H,23,24). The average molecular weight is 412 g/mol. The van der Waals surface area contributed by atoms with Gasteiger partial charge in [0, 0.05) is 21.4 Å². The Bertz CT molecular complexity index is 1230. The van der Waals surface area contributed by atoms with Crippen molar-refractivity contribution in [2.45, 2.75) is 0 Å². The second-order valence-electron chi connectivity index (χ2n) is 5.78. The summed E-state index contributed by atoms with van der Waals surface area (Å²) in [5.41, 5.74) is 4.61. The van der Waals surface area contributed by atoms with Crippen LogP contribution in [-0.2, 0) is 0 Å². The van der Waals surface area contributed by atoms with Crippen molar-refractivity contribution in [2.75, 3.05) is 12.5 Å². The predicted octanol–water partition coefficient (Wildman–Crippen LogP) is 5.02. The first-order valence-electron chi connectivity index (χ1n) is 8.25. The lowest BCUT2D eigenvalue weighted by molar-refractivity contribution is 0.414. The third kappa shape index (κ3) is 3.76. The predicted molar refractivity (Wildman–Crippen MR) is 113 cm³/mol. The Kier molecular flexibility index (Phi) is 5.10. The first kappa shape index (κ1) is 18.2. The molecule has 0 bridgehead atoms. The van der Waals surface area contributed by atoms with E-state index >= 15 is 0 Å². The molecule has 0 saturated heterocycles. The van der Waals surface area contributed by atoms with E-state index in [4.69, 9.17) is 20.8 Å². The monoisotopic (exact) mass is 411 g/mol. The van der Waals surface area contributed by atoms with E-state index in [1.54, 1.807) is 43.0 Å². The fourth-order valence-electron chi connectivity index (χ4n) is 2.65. The Morgan fingerprint density at radius 2 is 2.11 bits per heavy atom. The Labute approximate surface area is 169 Å². The van der Waals surface area contributed by atoms with Crippen LogP contribution in [0.3, 0.4) is 0 Å². The molecular weight excluding hydrogens is 398 g/mol. The fourth-order valence-corrected chi connectivity index (χ4v) is 3.49. The van der Waals surface area contributed by atoms with Gasteiger partial charge in [-0.25, -0.2) is 9.78 Å². The second kappa shape index (κ2) is 7.84. The number of thiazole rings is 1. The van der Waals surface area contributed by atoms with E-state index in [1.807, 2.05) is 24.3 Å². The number of hydrogen-bond acceptors (Lipinski definition) is 7. The zero-order valence-electron chi connectivity index (χ0n) is 14.7. The second-order valence-corrected chi connectivity index (χ2v) is 7.07. The minimum Gasteiger partial charge on any atom is -0.496 e. The van der Waals surface area contributed by atoms with Crippen molar-refractivity contribution in [1.29, 1.82) is 0 Å². The smallest absolute Gasteiger partial charge is 0.345 e. The molecule has 0 spiro atoms. The number of benzene rings is 2. The zero-order valence-corrected chi connectivity index (χ0v) is 16.3. The van der Waals surface area contributed by atoms with Crippen molar-refractivity contribution < 1.29 is 9.15 Å². The quantitative estimate of drug-likeness (QED) is 0.283. The molecule has 1 N–H and O–H groups in total. The molecule has 2 aromatic heterocycles. The SMILES string of the molecule is COc1ccccc1C=NNc1nc(-c2cc3cc(Cl)ccc3oc2=O)cs1. The number of rotatable bonds is 5. The number of nitrogens with one attached hydrogen (secondary N) is 1. The first-order chi connectivity index (χ1) is 13.6. The molecular formula is C20H14ClN3O3S. The van der Waals surface area contributed by atoms with Gasteiger partial charge in [0.05, 0.1) is 24.6 Å². The maximum absolute atomic E-state index is 12.3. The third-order valence-electron chi connectivity index (χ3n) is 3.98. The number of hydrazone groups is 1. The molecule has 28 heavy (non-hydrogen) atoms. The molecule has 0 aliphatic rings. The summed E-state index contributed by atoms with van der Waals surface area (Å²) in [6.07, 6.45) is 1.65. The van der Waals surface area contributed by atoms with Gasteiger partial charge < -0.3 is 9.15 Å². The molecule has 4 rings (SSSR count). The van der Waals surface area contributed by atoms with Gasteiger partial charge in [-0.3, -0.25) is 5.43 Å². The average Bonchev–Trinajstić information content (AvgIpc) is 3.17. The summed E-state index contributed by atoms with van der Waals surface area (Å²) in [6, 6.07) is 14.4. The molecule has 0 saturated carbocycles. The van der Waals surface area contributed by atoms with Crippen LogP contribution in [0.1, 0.15) is 5.56 Å². The molecule has 2 heterocycles. The van der Waals surface area contributed by atoms with Gasteiger partial charge in [-0.05, 0) is 36.4 Å². The maximum atomic E-state index is 12.3. The van der Waals surface area contributed by atoms with Crippen LogP contribution < -0.4 is 15.8 Å². The van der Waals surface area contributed by atoms with Crippen LogP contribution >= 0.6 is 22.9 Å². The summed E-state index contributed by atoms with van der Waals surface area (Å²) in [5, 5.41) is 7.80. The van der Waals surface area contributed by atoms with Crippen molar-refractivity contribution in [3.8, 4) is 17.0 Å². The van der Waals surface area contributed by atoms with E-state index in [0.717, 1.165) is 16.7 Å². The van der Waals surface area contributed by atoms with Crippen molar-refractivity contribution in [1.82, 2.24) is 4.98 Å². The van der Waals surface area contributed by atoms with E-state index in [2.05, 4.69) is 15.5 Å². The van der Waals surface area contributed by atoms with Crippen LogP contribution in [0, 0.1) is 0 Å². The highest BCUT2D eigenvalue weighted by molar-refractivity contribution is 7.14. The Hall–Kier alpha value is -3.16. The van der Waals surface area contributed by atoms with Crippen LogP contribution in [0.15, 0.2) is 68.2 Å². The molecule has 0 aliphatic heterocycles. The van der Waals surface area contributed by atoms with Gasteiger partial charge in [-0.15, -0.1) is 11.3 Å². The first-order valence-corrected chi connectivity index (χ1v) is 9.51. The highest BCUT2D eigenvalue weighted by atomic mass is 35.5. The Balaban J connectivity index is 1.58. The molecule has 6 nitrogen and oxygen atoms in total. The summed E-state index contributed by atoms with van der Waals surface area (Å²) in [7, 11) is 1.61. The lowest BCUT2D eigenvalue weighted by Gasteiger charge is -2.02. The van der Waals surface area contributed by atoms with Crippen molar-refractivity contribution in [3.63, 3.8) is 0 Å².